The van der Waals surface area contributed by atoms with Crippen molar-refractivity contribution in [1.29, 1.82) is 5.26 Å². The molecule has 4 rings (SSSR count). The zero-order chi connectivity index (χ0) is 20.1. The summed E-state index contributed by atoms with van der Waals surface area (Å²) in [5, 5.41) is 28.6. The Morgan fingerprint density at radius 2 is 2.07 bits per heavy atom. The minimum absolute atomic E-state index is 0.0672. The van der Waals surface area contributed by atoms with Crippen LogP contribution in [0.1, 0.15) is 46.6 Å². The van der Waals surface area contributed by atoms with Gasteiger partial charge in [-0.25, -0.2) is 0 Å². The first-order valence-electron chi connectivity index (χ1n) is 9.04. The van der Waals surface area contributed by atoms with Gasteiger partial charge in [0, 0.05) is 33.1 Å². The Balaban J connectivity index is 1.91. The van der Waals surface area contributed by atoms with Crippen LogP contribution in [-0.2, 0) is 5.41 Å². The summed E-state index contributed by atoms with van der Waals surface area (Å²) in [6, 6.07) is 12.7. The van der Waals surface area contributed by atoms with E-state index in [1.807, 2.05) is 13.8 Å². The zero-order valence-corrected chi connectivity index (χ0v) is 15.6. The number of nitrogens with one attached hydrogen (secondary N) is 1. The van der Waals surface area contributed by atoms with Gasteiger partial charge in [0.25, 0.3) is 0 Å². The molecule has 1 heterocycles. The molecule has 0 spiro atoms. The molecule has 0 aliphatic heterocycles. The normalized spacial score (nSPS) is 15.6. The van der Waals surface area contributed by atoms with E-state index in [2.05, 4.69) is 11.1 Å². The van der Waals surface area contributed by atoms with Crippen molar-refractivity contribution >= 4 is 16.7 Å². The van der Waals surface area contributed by atoms with Crippen molar-refractivity contribution < 1.29 is 19.7 Å². The van der Waals surface area contributed by atoms with E-state index in [1.165, 1.54) is 0 Å². The molecule has 0 saturated heterocycles. The summed E-state index contributed by atoms with van der Waals surface area (Å²) in [6.07, 6.45) is -0.994. The van der Waals surface area contributed by atoms with E-state index >= 15 is 0 Å². The van der Waals surface area contributed by atoms with Crippen molar-refractivity contribution in [3.8, 4) is 11.8 Å². The number of rotatable bonds is 4. The maximum absolute atomic E-state index is 13.3. The first-order valence-corrected chi connectivity index (χ1v) is 9.04. The third-order valence-corrected chi connectivity index (χ3v) is 5.32. The maximum Gasteiger partial charge on any atom is 0.195 e. The quantitative estimate of drug-likeness (QED) is 0.649. The summed E-state index contributed by atoms with van der Waals surface area (Å²) in [5.41, 5.74) is 3.39. The van der Waals surface area contributed by atoms with Gasteiger partial charge in [-0.05, 0) is 18.2 Å². The predicted molar refractivity (Wildman–Crippen MR) is 104 cm³/mol. The Morgan fingerprint density at radius 1 is 1.29 bits per heavy atom. The van der Waals surface area contributed by atoms with Crippen LogP contribution in [0.5, 0.6) is 5.75 Å². The maximum atomic E-state index is 13.3. The number of fused-ring (bicyclic) bond motifs is 4. The van der Waals surface area contributed by atoms with Crippen LogP contribution in [-0.4, -0.2) is 40.3 Å². The van der Waals surface area contributed by atoms with Crippen molar-refractivity contribution in [3.63, 3.8) is 0 Å². The average molecular weight is 376 g/mol. The van der Waals surface area contributed by atoms with Crippen LogP contribution < -0.4 is 4.74 Å². The van der Waals surface area contributed by atoms with Gasteiger partial charge < -0.3 is 19.9 Å². The molecule has 0 unspecified atom stereocenters. The van der Waals surface area contributed by atoms with Gasteiger partial charge in [-0.1, -0.05) is 32.0 Å². The summed E-state index contributed by atoms with van der Waals surface area (Å²) in [6.45, 7) is 3.55. The minimum atomic E-state index is -0.994. The molecule has 1 atom stereocenters. The van der Waals surface area contributed by atoms with E-state index in [0.29, 0.717) is 22.4 Å². The van der Waals surface area contributed by atoms with Crippen molar-refractivity contribution in [2.75, 3.05) is 13.2 Å². The molecule has 3 N–H and O–H groups in total. The molecule has 2 aromatic carbocycles. The van der Waals surface area contributed by atoms with Gasteiger partial charge in [-0.3, -0.25) is 4.79 Å². The lowest BCUT2D eigenvalue weighted by Gasteiger charge is -2.33. The number of nitriles is 1. The third-order valence-electron chi connectivity index (χ3n) is 5.32. The largest absolute Gasteiger partial charge is 0.490 e. The van der Waals surface area contributed by atoms with E-state index in [0.717, 1.165) is 22.2 Å². The Bertz CT molecular complexity index is 1140. The second kappa shape index (κ2) is 6.48. The van der Waals surface area contributed by atoms with Crippen LogP contribution in [0.2, 0.25) is 0 Å². The number of aliphatic hydroxyl groups is 2. The predicted octanol–water partition coefficient (Wildman–Crippen LogP) is 2.64. The highest BCUT2D eigenvalue weighted by molar-refractivity contribution is 6.20. The monoisotopic (exact) mass is 376 g/mol. The molecule has 0 bridgehead atoms. The van der Waals surface area contributed by atoms with E-state index in [9.17, 15) is 15.2 Å². The Morgan fingerprint density at radius 3 is 2.79 bits per heavy atom. The number of aromatic amines is 1. The molecule has 0 radical (unpaired) electrons. The highest BCUT2D eigenvalue weighted by atomic mass is 16.5. The molecule has 142 valence electrons. The number of aromatic nitrogens is 1. The van der Waals surface area contributed by atoms with Gasteiger partial charge in [-0.2, -0.15) is 5.26 Å². The fraction of sp³-hybridized carbons (Fsp3) is 0.273. The highest BCUT2D eigenvalue weighted by Gasteiger charge is 2.41. The summed E-state index contributed by atoms with van der Waals surface area (Å²) in [5.74, 6) is 0.402. The van der Waals surface area contributed by atoms with Crippen LogP contribution in [0.25, 0.3) is 10.9 Å². The molecule has 1 aliphatic rings. The number of hydrogen-bond acceptors (Lipinski definition) is 5. The SMILES string of the molecule is CC1(C)c2[nH]c3cc(C#N)ccc3c2C(=O)c2cccc(OC[C@@H](O)CO)c21. The van der Waals surface area contributed by atoms with Gasteiger partial charge in [0.05, 0.1) is 23.8 Å². The number of carbonyl (C=O) groups is 1. The van der Waals surface area contributed by atoms with Crippen molar-refractivity contribution in [3.05, 3.63) is 64.3 Å². The van der Waals surface area contributed by atoms with Crippen LogP contribution in [0.15, 0.2) is 36.4 Å². The summed E-state index contributed by atoms with van der Waals surface area (Å²) < 4.78 is 5.75. The second-order valence-electron chi connectivity index (χ2n) is 7.53. The Hall–Kier alpha value is -3.14. The summed E-state index contributed by atoms with van der Waals surface area (Å²) in [4.78, 5) is 16.7. The molecule has 0 amide bonds. The first-order chi connectivity index (χ1) is 13.4. The Labute approximate surface area is 162 Å². The number of benzene rings is 2. The van der Waals surface area contributed by atoms with E-state index in [-0.39, 0.29) is 12.4 Å². The zero-order valence-electron chi connectivity index (χ0n) is 15.6. The van der Waals surface area contributed by atoms with Crippen LogP contribution in [0, 0.1) is 11.3 Å². The number of carbonyl (C=O) groups excluding carboxylic acids is 1. The van der Waals surface area contributed by atoms with E-state index in [1.54, 1.807) is 36.4 Å². The number of ketones is 1. The topological polar surface area (TPSA) is 106 Å². The molecule has 0 fully saturated rings. The molecule has 6 nitrogen and oxygen atoms in total. The number of H-pyrrole nitrogens is 1. The van der Waals surface area contributed by atoms with Gasteiger partial charge >= 0.3 is 0 Å². The molecule has 6 heteroatoms. The van der Waals surface area contributed by atoms with Gasteiger partial charge in [-0.15, -0.1) is 0 Å². The van der Waals surface area contributed by atoms with Crippen LogP contribution in [0.4, 0.5) is 0 Å². The average Bonchev–Trinajstić information content (AvgIpc) is 3.10. The Kier molecular flexibility index (Phi) is 4.22. The van der Waals surface area contributed by atoms with Crippen LogP contribution in [0.3, 0.4) is 0 Å². The molecular weight excluding hydrogens is 356 g/mol. The summed E-state index contributed by atoms with van der Waals surface area (Å²) in [7, 11) is 0. The molecule has 1 aromatic heterocycles. The molecule has 28 heavy (non-hydrogen) atoms. The molecular formula is C22H20N2O4. The first kappa shape index (κ1) is 18.2. The lowest BCUT2D eigenvalue weighted by Crippen LogP contribution is -2.31. The molecule has 3 aromatic rings. The number of aliphatic hydroxyl groups excluding tert-OH is 2. The highest BCUT2D eigenvalue weighted by Crippen LogP contribution is 2.47. The molecule has 1 aliphatic carbocycles. The summed E-state index contributed by atoms with van der Waals surface area (Å²) >= 11 is 0. The van der Waals surface area contributed by atoms with E-state index < -0.39 is 18.1 Å². The second-order valence-corrected chi connectivity index (χ2v) is 7.53. The lowest BCUT2D eigenvalue weighted by molar-refractivity contribution is 0.0530. The fourth-order valence-corrected chi connectivity index (χ4v) is 3.96. The minimum Gasteiger partial charge on any atom is -0.490 e. The van der Waals surface area contributed by atoms with Gasteiger partial charge in [0.2, 0.25) is 0 Å². The third kappa shape index (κ3) is 2.60. The van der Waals surface area contributed by atoms with Gasteiger partial charge in [0.1, 0.15) is 18.5 Å². The number of nitrogens with zero attached hydrogens (tertiary/aromatic N) is 1. The van der Waals surface area contributed by atoms with Crippen molar-refractivity contribution in [2.24, 2.45) is 0 Å². The standard InChI is InChI=1S/C22H20N2O4/c1-22(2)19-15(4-3-5-17(19)28-11-13(26)10-25)20(27)18-14-7-6-12(9-23)8-16(14)24-21(18)22/h3-8,13,24-26H,10-11H2,1-2H3/t13-/m0/s1. The molecule has 0 saturated carbocycles. The van der Waals surface area contributed by atoms with E-state index in [4.69, 9.17) is 9.84 Å². The fourth-order valence-electron chi connectivity index (χ4n) is 3.96. The lowest BCUT2D eigenvalue weighted by atomic mass is 9.71. The van der Waals surface area contributed by atoms with Crippen molar-refractivity contribution in [1.82, 2.24) is 4.98 Å². The van der Waals surface area contributed by atoms with Gasteiger partial charge in [0.15, 0.2) is 5.78 Å². The number of hydrogen-bond donors (Lipinski definition) is 3. The smallest absolute Gasteiger partial charge is 0.195 e. The number of ether oxygens (including phenoxy) is 1. The van der Waals surface area contributed by atoms with Crippen LogP contribution >= 0.6 is 0 Å². The van der Waals surface area contributed by atoms with Crippen molar-refractivity contribution in [2.45, 2.75) is 25.4 Å².